The Hall–Kier alpha value is -3.61. The summed E-state index contributed by atoms with van der Waals surface area (Å²) in [5.74, 6) is -6.48. The van der Waals surface area contributed by atoms with Crippen LogP contribution in [0.4, 0.5) is 0 Å². The van der Waals surface area contributed by atoms with Crippen molar-refractivity contribution >= 4 is 29.8 Å². The number of carboxylic acids is 1. The van der Waals surface area contributed by atoms with E-state index in [1.807, 2.05) is 27.7 Å². The second kappa shape index (κ2) is 21.2. The van der Waals surface area contributed by atoms with E-state index in [1.165, 1.54) is 14.0 Å². The van der Waals surface area contributed by atoms with Crippen molar-refractivity contribution in [2.45, 2.75) is 207 Å². The van der Waals surface area contributed by atoms with E-state index in [4.69, 9.17) is 37.9 Å². The predicted molar refractivity (Wildman–Crippen MR) is 260 cm³/mol. The molecule has 21 heteroatoms. The summed E-state index contributed by atoms with van der Waals surface area (Å²) in [4.78, 5) is 68.2. The van der Waals surface area contributed by atoms with E-state index in [0.717, 1.165) is 5.57 Å². The summed E-state index contributed by atoms with van der Waals surface area (Å²) < 4.78 is 47.9. The number of fused-ring (bicyclic) bond motifs is 7. The number of carboxylic acid groups (broad SMARTS) is 1. The average molecular weight is 1070 g/mol. The molecule has 7 rings (SSSR count). The van der Waals surface area contributed by atoms with Gasteiger partial charge in [-0.25, -0.2) is 9.59 Å². The van der Waals surface area contributed by atoms with E-state index in [9.17, 15) is 64.8 Å². The summed E-state index contributed by atoms with van der Waals surface area (Å²) in [5, 5.41) is 89.4. The SMILES string of the molecule is C/C=C(/C)C(=O)O[C@H]1[C@H](OC(=O)C(C)CC)C2(CO)C(CC1(C)C)C1=CCC3[C@@]4(C)CCC(OC5OC(C(=O)O)C(O)C(OC6OCC(O)C(O)C6O)C5O)[C@@](C)(C(=O)OC)C4CC[C@@]3(C)[C@]1(C)[C@@H](O)[C@H]2OC(C)=O. The first-order chi connectivity index (χ1) is 34.9. The Balaban J connectivity index is 1.29. The van der Waals surface area contributed by atoms with Crippen LogP contribution < -0.4 is 0 Å². The van der Waals surface area contributed by atoms with Crippen LogP contribution in [0.1, 0.15) is 121 Å². The molecule has 0 bridgehead atoms. The molecule has 0 aromatic carbocycles. The highest BCUT2D eigenvalue weighted by Gasteiger charge is 2.78. The summed E-state index contributed by atoms with van der Waals surface area (Å²) in [6.45, 7) is 18.4. The van der Waals surface area contributed by atoms with E-state index in [-0.39, 0.29) is 18.8 Å². The molecule has 0 aromatic rings. The molecule has 15 unspecified atom stereocenters. The van der Waals surface area contributed by atoms with E-state index in [0.29, 0.717) is 37.7 Å². The van der Waals surface area contributed by atoms with Crippen LogP contribution in [0.5, 0.6) is 0 Å². The molecule has 0 radical (unpaired) electrons. The maximum Gasteiger partial charge on any atom is 0.335 e. The fourth-order valence-electron chi connectivity index (χ4n) is 15.2. The maximum absolute atomic E-state index is 14.5. The van der Waals surface area contributed by atoms with Crippen molar-refractivity contribution in [3.05, 3.63) is 23.3 Å². The van der Waals surface area contributed by atoms with Gasteiger partial charge in [-0.1, -0.05) is 66.2 Å². The fraction of sp³-hybridized carbons (Fsp3) is 0.833. The lowest BCUT2D eigenvalue weighted by atomic mass is 9.32. The first-order valence-electron chi connectivity index (χ1n) is 26.4. The third kappa shape index (κ3) is 9.18. The second-order valence-electron chi connectivity index (χ2n) is 24.2. The van der Waals surface area contributed by atoms with E-state index in [2.05, 4.69) is 19.9 Å². The first kappa shape index (κ1) is 59.1. The zero-order valence-corrected chi connectivity index (χ0v) is 45.3. The quantitative estimate of drug-likeness (QED) is 0.0431. The van der Waals surface area contributed by atoms with Crippen LogP contribution in [0.2, 0.25) is 0 Å². The minimum Gasteiger partial charge on any atom is -0.479 e. The van der Waals surface area contributed by atoms with Crippen molar-refractivity contribution in [1.82, 2.24) is 0 Å². The van der Waals surface area contributed by atoms with Gasteiger partial charge in [0.25, 0.3) is 0 Å². The third-order valence-corrected chi connectivity index (χ3v) is 20.0. The molecular weight excluding hydrogens is 985 g/mol. The minimum atomic E-state index is -2.05. The van der Waals surface area contributed by atoms with Crippen molar-refractivity contribution < 1.29 is 103 Å². The van der Waals surface area contributed by atoms with Gasteiger partial charge in [0.2, 0.25) is 0 Å². The van der Waals surface area contributed by atoms with Gasteiger partial charge in [0.15, 0.2) is 24.8 Å². The van der Waals surface area contributed by atoms with Crippen LogP contribution in [0.25, 0.3) is 0 Å². The monoisotopic (exact) mass is 1070 g/mol. The van der Waals surface area contributed by atoms with Crippen LogP contribution >= 0.6 is 0 Å². The minimum absolute atomic E-state index is 0.129. The number of esters is 4. The van der Waals surface area contributed by atoms with Crippen LogP contribution in [-0.2, 0) is 61.9 Å². The number of ether oxygens (including phenoxy) is 8. The lowest BCUT2D eigenvalue weighted by molar-refractivity contribution is -0.357. The molecule has 8 N–H and O–H groups in total. The molecule has 5 aliphatic carbocycles. The molecular formula is C54H82O21. The molecule has 23 atom stereocenters. The molecule has 75 heavy (non-hydrogen) atoms. The Bertz CT molecular complexity index is 2250. The summed E-state index contributed by atoms with van der Waals surface area (Å²) >= 11 is 0. The normalized spacial score (nSPS) is 46.7. The Morgan fingerprint density at radius 2 is 1.49 bits per heavy atom. The average Bonchev–Trinajstić information content (AvgIpc) is 3.35. The van der Waals surface area contributed by atoms with Gasteiger partial charge in [-0.15, -0.1) is 0 Å². The Morgan fingerprint density at radius 1 is 0.827 bits per heavy atom. The number of aliphatic carboxylic acids is 1. The highest BCUT2D eigenvalue weighted by molar-refractivity contribution is 5.88. The number of hydrogen-bond donors (Lipinski definition) is 8. The Morgan fingerprint density at radius 3 is 2.08 bits per heavy atom. The molecule has 2 saturated heterocycles. The van der Waals surface area contributed by atoms with Crippen LogP contribution in [0.15, 0.2) is 23.3 Å². The van der Waals surface area contributed by atoms with Crippen molar-refractivity contribution in [3.8, 4) is 0 Å². The van der Waals surface area contributed by atoms with E-state index < -0.39 is 179 Å². The lowest BCUT2D eigenvalue weighted by Gasteiger charge is -2.73. The Kier molecular flexibility index (Phi) is 16.7. The maximum atomic E-state index is 14.5. The van der Waals surface area contributed by atoms with Gasteiger partial charge in [-0.05, 0) is 94.3 Å². The van der Waals surface area contributed by atoms with Crippen molar-refractivity contribution in [2.24, 2.45) is 56.2 Å². The molecule has 21 nitrogen and oxygen atoms in total. The van der Waals surface area contributed by atoms with Crippen LogP contribution in [-0.4, -0.2) is 177 Å². The number of allylic oxidation sites excluding steroid dienone is 2. The second-order valence-corrected chi connectivity index (χ2v) is 24.2. The molecule has 0 amide bonds. The zero-order valence-electron chi connectivity index (χ0n) is 45.3. The van der Waals surface area contributed by atoms with Gasteiger partial charge >= 0.3 is 29.8 Å². The van der Waals surface area contributed by atoms with Crippen molar-refractivity contribution in [1.29, 1.82) is 0 Å². The number of hydrogen-bond acceptors (Lipinski definition) is 20. The van der Waals surface area contributed by atoms with Crippen molar-refractivity contribution in [2.75, 3.05) is 20.3 Å². The summed E-state index contributed by atoms with van der Waals surface area (Å²) in [7, 11) is 1.24. The van der Waals surface area contributed by atoms with E-state index in [1.54, 1.807) is 33.8 Å². The zero-order chi connectivity index (χ0) is 55.9. The van der Waals surface area contributed by atoms with Crippen LogP contribution in [0, 0.1) is 56.2 Å². The van der Waals surface area contributed by atoms with Gasteiger partial charge in [0.05, 0.1) is 43.2 Å². The summed E-state index contributed by atoms with van der Waals surface area (Å²) in [5.41, 5.74) is -5.87. The molecule has 7 aliphatic rings. The van der Waals surface area contributed by atoms with Gasteiger partial charge in [0, 0.05) is 23.3 Å². The highest BCUT2D eigenvalue weighted by atomic mass is 16.7. The molecule has 0 spiro atoms. The predicted octanol–water partition coefficient (Wildman–Crippen LogP) is 2.24. The number of methoxy groups -OCH3 is 1. The third-order valence-electron chi connectivity index (χ3n) is 20.0. The van der Waals surface area contributed by atoms with E-state index >= 15 is 0 Å². The molecule has 424 valence electrons. The topological polar surface area (TPSA) is 321 Å². The highest BCUT2D eigenvalue weighted by Crippen LogP contribution is 2.76. The largest absolute Gasteiger partial charge is 0.479 e. The van der Waals surface area contributed by atoms with Crippen LogP contribution in [0.3, 0.4) is 0 Å². The molecule has 4 saturated carbocycles. The summed E-state index contributed by atoms with van der Waals surface area (Å²) in [6, 6.07) is 0. The fourth-order valence-corrected chi connectivity index (χ4v) is 15.2. The van der Waals surface area contributed by atoms with Gasteiger partial charge in [0.1, 0.15) is 54.9 Å². The molecule has 2 heterocycles. The lowest BCUT2D eigenvalue weighted by Crippen LogP contribution is -2.77. The number of carbonyl (C=O) groups is 5. The van der Waals surface area contributed by atoms with Gasteiger partial charge in [-0.3, -0.25) is 14.4 Å². The van der Waals surface area contributed by atoms with Gasteiger partial charge < -0.3 is 78.7 Å². The molecule has 6 fully saturated rings. The first-order valence-corrected chi connectivity index (χ1v) is 26.4. The Labute approximate surface area is 438 Å². The molecule has 0 aromatic heterocycles. The number of carbonyl (C=O) groups excluding carboxylic acids is 4. The van der Waals surface area contributed by atoms with Crippen molar-refractivity contribution in [3.63, 3.8) is 0 Å². The number of aliphatic hydroxyl groups is 7. The standard InChI is InChI=1S/C54H82O21/c1-13-24(3)44(65)74-41-42(75-45(66)25(4)14-2)54(23-55)28(21-49(41,6)7)27-15-16-30-50(8)19-18-32(52(10,48(67)68-12)31(50)17-20-51(30,9)53(27,11)39(62)40(54)70-26(5)56)71-47-36(61)37(35(60)38(73-47)43(63)64)72-46-34(59)33(58)29(57)22-69-46/h13,15,25,28-42,46-47,55,57-62H,14,16-23H2,1-12H3,(H,63,64)/b24-13-/t25?,28?,29?,30?,31?,32?,33?,34?,35?,36?,37?,38?,39-,40+,41-,42-,46?,47?,50+,51+,52-,53-,54?/m0/s1. The summed E-state index contributed by atoms with van der Waals surface area (Å²) in [6.07, 6.45) is -17.2. The smallest absolute Gasteiger partial charge is 0.335 e. The number of rotatable bonds is 13. The number of aliphatic hydroxyl groups excluding tert-OH is 7. The molecule has 2 aliphatic heterocycles. The van der Waals surface area contributed by atoms with Gasteiger partial charge in [-0.2, -0.15) is 0 Å².